The number of nitrogens with one attached hydrogen (secondary N) is 1. The summed E-state index contributed by atoms with van der Waals surface area (Å²) in [6, 6.07) is 0. The van der Waals surface area contributed by atoms with Crippen LogP contribution in [-0.4, -0.2) is 19.2 Å². The highest BCUT2D eigenvalue weighted by atomic mass is 15.3. The minimum atomic E-state index is 0.345. The van der Waals surface area contributed by atoms with Crippen molar-refractivity contribution < 1.29 is 0 Å². The van der Waals surface area contributed by atoms with Crippen molar-refractivity contribution in [1.29, 1.82) is 0 Å². The van der Waals surface area contributed by atoms with Gasteiger partial charge in [0.25, 0.3) is 0 Å². The van der Waals surface area contributed by atoms with Gasteiger partial charge in [0, 0.05) is 13.3 Å². The van der Waals surface area contributed by atoms with E-state index in [4.69, 9.17) is 5.73 Å². The van der Waals surface area contributed by atoms with Gasteiger partial charge in [-0.1, -0.05) is 13.3 Å². The lowest BCUT2D eigenvalue weighted by molar-refractivity contribution is 0.836. The summed E-state index contributed by atoms with van der Waals surface area (Å²) in [5, 5.41) is 3.85. The van der Waals surface area contributed by atoms with Gasteiger partial charge in [-0.15, -0.1) is 0 Å². The maximum atomic E-state index is 5.31. The summed E-state index contributed by atoms with van der Waals surface area (Å²) in [5.74, 6) is 0.345. The Kier molecular flexibility index (Phi) is 6.37. The summed E-state index contributed by atoms with van der Waals surface area (Å²) in [6.07, 6.45) is 5.14. The zero-order chi connectivity index (χ0) is 8.53. The second-order valence-corrected chi connectivity index (χ2v) is 2.17. The molecule has 0 aliphatic carbocycles. The maximum absolute atomic E-state index is 5.31. The van der Waals surface area contributed by atoms with E-state index in [0.29, 0.717) is 5.96 Å². The van der Waals surface area contributed by atoms with Crippen molar-refractivity contribution in [3.8, 4) is 0 Å². The van der Waals surface area contributed by atoms with E-state index in [1.54, 1.807) is 7.05 Å². The van der Waals surface area contributed by atoms with E-state index in [-0.39, 0.29) is 0 Å². The van der Waals surface area contributed by atoms with Crippen LogP contribution in [0.4, 0.5) is 0 Å². The van der Waals surface area contributed by atoms with E-state index in [1.807, 2.05) is 6.21 Å². The van der Waals surface area contributed by atoms with Crippen molar-refractivity contribution >= 4 is 12.2 Å². The van der Waals surface area contributed by atoms with Gasteiger partial charge >= 0.3 is 0 Å². The summed E-state index contributed by atoms with van der Waals surface area (Å²) < 4.78 is 0. The monoisotopic (exact) mass is 156 g/mol. The number of rotatable bonds is 4. The van der Waals surface area contributed by atoms with Gasteiger partial charge in [0.2, 0.25) is 5.96 Å². The van der Waals surface area contributed by atoms with E-state index in [9.17, 15) is 0 Å². The van der Waals surface area contributed by atoms with Crippen molar-refractivity contribution in [2.24, 2.45) is 15.8 Å². The fourth-order valence-electron chi connectivity index (χ4n) is 0.522. The van der Waals surface area contributed by atoms with Crippen LogP contribution in [0.5, 0.6) is 0 Å². The van der Waals surface area contributed by atoms with Crippen LogP contribution in [-0.2, 0) is 0 Å². The standard InChI is InChI=1S/C7H16N4/c1-3-4-5-6-10-11-7(8)9-2/h6H,3-5H2,1-2H3,(H3,8,9,11)/b10-6+. The number of aliphatic imine (C=N–C) groups is 1. The molecule has 64 valence electrons. The molecule has 3 N–H and O–H groups in total. The van der Waals surface area contributed by atoms with Crippen LogP contribution in [0.2, 0.25) is 0 Å². The van der Waals surface area contributed by atoms with E-state index in [2.05, 4.69) is 22.4 Å². The Hall–Kier alpha value is -1.06. The Bertz CT molecular complexity index is 139. The van der Waals surface area contributed by atoms with Crippen molar-refractivity contribution in [1.82, 2.24) is 5.43 Å². The molecule has 0 saturated heterocycles. The van der Waals surface area contributed by atoms with E-state index < -0.39 is 0 Å². The molecule has 0 radical (unpaired) electrons. The molecule has 0 unspecified atom stereocenters. The molecule has 0 aromatic rings. The molecule has 0 spiro atoms. The van der Waals surface area contributed by atoms with Gasteiger partial charge in [-0.05, 0) is 12.8 Å². The highest BCUT2D eigenvalue weighted by Crippen LogP contribution is 1.88. The first-order valence-corrected chi connectivity index (χ1v) is 3.81. The first-order valence-electron chi connectivity index (χ1n) is 3.81. The second kappa shape index (κ2) is 7.05. The van der Waals surface area contributed by atoms with Crippen LogP contribution in [0.15, 0.2) is 10.1 Å². The molecule has 0 bridgehead atoms. The molecule has 4 heteroatoms. The third-order valence-electron chi connectivity index (χ3n) is 1.20. The fraction of sp³-hybridized carbons (Fsp3) is 0.714. The maximum Gasteiger partial charge on any atom is 0.209 e. The van der Waals surface area contributed by atoms with Crippen LogP contribution < -0.4 is 11.2 Å². The Morgan fingerprint density at radius 1 is 1.64 bits per heavy atom. The van der Waals surface area contributed by atoms with Crippen molar-refractivity contribution in [3.63, 3.8) is 0 Å². The topological polar surface area (TPSA) is 62.8 Å². The quantitative estimate of drug-likeness (QED) is 0.272. The zero-order valence-electron chi connectivity index (χ0n) is 7.17. The number of hydrogen-bond acceptors (Lipinski definition) is 2. The number of nitrogens with zero attached hydrogens (tertiary/aromatic N) is 2. The molecule has 4 nitrogen and oxygen atoms in total. The number of nitrogens with two attached hydrogens (primary N) is 1. The average Bonchev–Trinajstić information content (AvgIpc) is 2.04. The zero-order valence-corrected chi connectivity index (χ0v) is 7.17. The molecule has 0 rings (SSSR count). The first-order chi connectivity index (χ1) is 5.31. The van der Waals surface area contributed by atoms with Crippen LogP contribution in [0.25, 0.3) is 0 Å². The lowest BCUT2D eigenvalue weighted by Crippen LogP contribution is -2.26. The van der Waals surface area contributed by atoms with Crippen molar-refractivity contribution in [2.75, 3.05) is 7.05 Å². The third-order valence-corrected chi connectivity index (χ3v) is 1.20. The molecule has 0 amide bonds. The molecule has 0 aromatic heterocycles. The lowest BCUT2D eigenvalue weighted by Gasteiger charge is -1.94. The van der Waals surface area contributed by atoms with Gasteiger partial charge in [0.1, 0.15) is 0 Å². The minimum absolute atomic E-state index is 0.345. The Balaban J connectivity index is 3.30. The predicted molar refractivity (Wildman–Crippen MR) is 48.7 cm³/mol. The predicted octanol–water partition coefficient (Wildman–Crippen LogP) is 0.697. The SMILES string of the molecule is CCCC/C=N/NC(N)=NC. The normalized spacial score (nSPS) is 12.4. The van der Waals surface area contributed by atoms with E-state index >= 15 is 0 Å². The number of unbranched alkanes of at least 4 members (excludes halogenated alkanes) is 2. The molecule has 0 heterocycles. The highest BCUT2D eigenvalue weighted by molar-refractivity contribution is 5.78. The van der Waals surface area contributed by atoms with Crippen molar-refractivity contribution in [3.05, 3.63) is 0 Å². The van der Waals surface area contributed by atoms with Gasteiger partial charge in [0.05, 0.1) is 0 Å². The summed E-state index contributed by atoms with van der Waals surface area (Å²) in [6.45, 7) is 2.14. The summed E-state index contributed by atoms with van der Waals surface area (Å²) in [4.78, 5) is 3.68. The largest absolute Gasteiger partial charge is 0.369 e. The van der Waals surface area contributed by atoms with Gasteiger partial charge in [-0.25, -0.2) is 5.43 Å². The minimum Gasteiger partial charge on any atom is -0.369 e. The average molecular weight is 156 g/mol. The molecule has 0 saturated carbocycles. The van der Waals surface area contributed by atoms with E-state index in [0.717, 1.165) is 12.8 Å². The summed E-state index contributed by atoms with van der Waals surface area (Å²) >= 11 is 0. The molecule has 0 aromatic carbocycles. The number of hydrazone groups is 1. The number of guanidine groups is 1. The first kappa shape index (κ1) is 9.94. The Morgan fingerprint density at radius 2 is 2.36 bits per heavy atom. The van der Waals surface area contributed by atoms with Crippen molar-refractivity contribution in [2.45, 2.75) is 26.2 Å². The highest BCUT2D eigenvalue weighted by Gasteiger charge is 1.81. The van der Waals surface area contributed by atoms with Gasteiger partial charge < -0.3 is 5.73 Å². The Morgan fingerprint density at radius 3 is 2.91 bits per heavy atom. The molecule has 0 aliphatic rings. The lowest BCUT2D eigenvalue weighted by atomic mass is 10.3. The van der Waals surface area contributed by atoms with Gasteiger partial charge in [-0.3, -0.25) is 4.99 Å². The Labute approximate surface area is 67.6 Å². The van der Waals surface area contributed by atoms with E-state index in [1.165, 1.54) is 6.42 Å². The fourth-order valence-corrected chi connectivity index (χ4v) is 0.522. The molecule has 0 fully saturated rings. The third kappa shape index (κ3) is 6.83. The van der Waals surface area contributed by atoms with Crippen LogP contribution >= 0.6 is 0 Å². The van der Waals surface area contributed by atoms with Gasteiger partial charge in [0.15, 0.2) is 0 Å². The number of hydrogen-bond donors (Lipinski definition) is 2. The van der Waals surface area contributed by atoms with Crippen LogP contribution in [0.1, 0.15) is 26.2 Å². The van der Waals surface area contributed by atoms with Gasteiger partial charge in [-0.2, -0.15) is 5.10 Å². The molecular formula is C7H16N4. The molecule has 11 heavy (non-hydrogen) atoms. The molecular weight excluding hydrogens is 140 g/mol. The smallest absolute Gasteiger partial charge is 0.209 e. The summed E-state index contributed by atoms with van der Waals surface area (Å²) in [7, 11) is 1.61. The second-order valence-electron chi connectivity index (χ2n) is 2.17. The summed E-state index contributed by atoms with van der Waals surface area (Å²) in [5.41, 5.74) is 7.90. The molecule has 0 aliphatic heterocycles. The molecule has 0 atom stereocenters. The van der Waals surface area contributed by atoms with Crippen LogP contribution in [0.3, 0.4) is 0 Å². The van der Waals surface area contributed by atoms with Crippen LogP contribution in [0, 0.1) is 0 Å².